The van der Waals surface area contributed by atoms with Gasteiger partial charge in [-0.1, -0.05) is 29.8 Å². The first-order valence-corrected chi connectivity index (χ1v) is 6.92. The second-order valence-electron chi connectivity index (χ2n) is 4.51. The van der Waals surface area contributed by atoms with Crippen molar-refractivity contribution in [2.24, 2.45) is 5.41 Å². The molecule has 1 heterocycles. The van der Waals surface area contributed by atoms with E-state index in [9.17, 15) is 4.79 Å². The number of hydrogen-bond acceptors (Lipinski definition) is 1. The maximum absolute atomic E-state index is 11.8. The largest absolute Gasteiger partial charge is 0.315 e. The van der Waals surface area contributed by atoms with E-state index in [1.54, 1.807) is 6.07 Å². The van der Waals surface area contributed by atoms with Crippen molar-refractivity contribution in [1.82, 2.24) is 4.57 Å². The predicted molar refractivity (Wildman–Crippen MR) is 72.2 cm³/mol. The number of rotatable bonds is 5. The Balaban J connectivity index is 2.98. The van der Waals surface area contributed by atoms with Crippen LogP contribution in [-0.2, 0) is 6.54 Å². The smallest absolute Gasteiger partial charge is 0.250 e. The fraction of sp³-hybridized carbons (Fsp3) is 0.615. The quantitative estimate of drug-likeness (QED) is 0.761. The van der Waals surface area contributed by atoms with Gasteiger partial charge in [0.05, 0.1) is 0 Å². The molecule has 1 rings (SSSR count). The monoisotopic (exact) mass is 285 g/mol. The first kappa shape index (κ1) is 13.5. The number of halogens is 1. The van der Waals surface area contributed by atoms with Crippen LogP contribution in [0.2, 0.25) is 0 Å². The summed E-state index contributed by atoms with van der Waals surface area (Å²) in [6, 6.07) is 3.69. The van der Waals surface area contributed by atoms with Crippen molar-refractivity contribution >= 4 is 15.9 Å². The molecule has 0 saturated carbocycles. The second kappa shape index (κ2) is 5.67. The van der Waals surface area contributed by atoms with Gasteiger partial charge in [0.1, 0.15) is 0 Å². The summed E-state index contributed by atoms with van der Waals surface area (Å²) < 4.78 is 1.82. The minimum atomic E-state index is 0.104. The molecule has 90 valence electrons. The highest BCUT2D eigenvalue weighted by molar-refractivity contribution is 9.09. The van der Waals surface area contributed by atoms with Crippen molar-refractivity contribution in [3.63, 3.8) is 0 Å². The van der Waals surface area contributed by atoms with Gasteiger partial charge in [-0.05, 0) is 36.8 Å². The molecule has 0 bridgehead atoms. The van der Waals surface area contributed by atoms with Crippen molar-refractivity contribution in [2.45, 2.75) is 40.2 Å². The fourth-order valence-electron chi connectivity index (χ4n) is 1.80. The fourth-order valence-corrected chi connectivity index (χ4v) is 2.77. The Hall–Kier alpha value is -0.570. The van der Waals surface area contributed by atoms with E-state index in [-0.39, 0.29) is 11.0 Å². The van der Waals surface area contributed by atoms with Crippen molar-refractivity contribution in [3.05, 3.63) is 34.2 Å². The molecule has 0 radical (unpaired) electrons. The molecule has 0 N–H and O–H groups in total. The minimum Gasteiger partial charge on any atom is -0.315 e. The molecule has 0 aliphatic carbocycles. The van der Waals surface area contributed by atoms with Gasteiger partial charge in [-0.25, -0.2) is 0 Å². The van der Waals surface area contributed by atoms with E-state index in [1.165, 1.54) is 0 Å². The molecule has 1 aromatic heterocycles. The summed E-state index contributed by atoms with van der Waals surface area (Å²) in [6.07, 6.45) is 4.06. The third-order valence-electron chi connectivity index (χ3n) is 3.44. The molecule has 0 fully saturated rings. The summed E-state index contributed by atoms with van der Waals surface area (Å²) in [6.45, 7) is 7.11. The Bertz CT molecular complexity index is 385. The normalized spacial score (nSPS) is 11.8. The van der Waals surface area contributed by atoms with Crippen LogP contribution in [0.25, 0.3) is 0 Å². The van der Waals surface area contributed by atoms with Crippen LogP contribution in [-0.4, -0.2) is 9.90 Å². The van der Waals surface area contributed by atoms with Crippen LogP contribution >= 0.6 is 15.9 Å². The van der Waals surface area contributed by atoms with Crippen LogP contribution in [0, 0.1) is 12.3 Å². The topological polar surface area (TPSA) is 22.0 Å². The van der Waals surface area contributed by atoms with Crippen molar-refractivity contribution < 1.29 is 0 Å². The minimum absolute atomic E-state index is 0.104. The van der Waals surface area contributed by atoms with E-state index in [0.29, 0.717) is 0 Å². The molecule has 0 aromatic carbocycles. The molecule has 0 unspecified atom stereocenters. The van der Waals surface area contributed by atoms with Crippen LogP contribution in [0.15, 0.2) is 23.1 Å². The van der Waals surface area contributed by atoms with Crippen molar-refractivity contribution in [3.8, 4) is 0 Å². The summed E-state index contributed by atoms with van der Waals surface area (Å²) in [5, 5.41) is 0.938. The number of hydrogen-bond donors (Lipinski definition) is 0. The van der Waals surface area contributed by atoms with E-state index in [0.717, 1.165) is 30.3 Å². The average molecular weight is 286 g/mol. The van der Waals surface area contributed by atoms with Gasteiger partial charge in [0.2, 0.25) is 0 Å². The molecule has 0 spiro atoms. The number of alkyl halides is 1. The summed E-state index contributed by atoms with van der Waals surface area (Å²) in [7, 11) is 0. The van der Waals surface area contributed by atoms with E-state index >= 15 is 0 Å². The van der Waals surface area contributed by atoms with E-state index < -0.39 is 0 Å². The lowest BCUT2D eigenvalue weighted by Gasteiger charge is -2.30. The van der Waals surface area contributed by atoms with Gasteiger partial charge in [0.25, 0.3) is 5.56 Å². The van der Waals surface area contributed by atoms with Crippen molar-refractivity contribution in [1.29, 1.82) is 0 Å². The number of aryl methyl sites for hydroxylation is 1. The average Bonchev–Trinajstić information content (AvgIpc) is 2.29. The molecular weight excluding hydrogens is 266 g/mol. The summed E-state index contributed by atoms with van der Waals surface area (Å²) >= 11 is 3.57. The molecular formula is C13H20BrNO. The van der Waals surface area contributed by atoms with Crippen LogP contribution in [0.1, 0.15) is 32.3 Å². The lowest BCUT2D eigenvalue weighted by Crippen LogP contribution is -2.32. The first-order chi connectivity index (χ1) is 7.56. The van der Waals surface area contributed by atoms with Gasteiger partial charge >= 0.3 is 0 Å². The zero-order valence-corrected chi connectivity index (χ0v) is 11.9. The highest BCUT2D eigenvalue weighted by Gasteiger charge is 2.25. The maximum atomic E-state index is 11.8. The van der Waals surface area contributed by atoms with Gasteiger partial charge in [0.15, 0.2) is 0 Å². The van der Waals surface area contributed by atoms with Gasteiger partial charge in [-0.15, -0.1) is 0 Å². The molecule has 2 nitrogen and oxygen atoms in total. The maximum Gasteiger partial charge on any atom is 0.250 e. The van der Waals surface area contributed by atoms with Gasteiger partial charge in [-0.3, -0.25) is 4.79 Å². The standard InChI is InChI=1S/C13H20BrNO/c1-4-13(5-2,9-14)10-15-7-6-11(3)8-12(15)16/h6-8H,4-5,9-10H2,1-3H3. The van der Waals surface area contributed by atoms with Crippen LogP contribution in [0.4, 0.5) is 0 Å². The Morgan fingerprint density at radius 1 is 1.38 bits per heavy atom. The van der Waals surface area contributed by atoms with Crippen molar-refractivity contribution in [2.75, 3.05) is 5.33 Å². The Kier molecular flexibility index (Phi) is 4.78. The van der Waals surface area contributed by atoms with Gasteiger partial charge in [0, 0.05) is 24.1 Å². The summed E-state index contributed by atoms with van der Waals surface area (Å²) in [4.78, 5) is 11.8. The molecule has 0 atom stereocenters. The second-order valence-corrected chi connectivity index (χ2v) is 5.07. The highest BCUT2D eigenvalue weighted by Crippen LogP contribution is 2.30. The molecule has 16 heavy (non-hydrogen) atoms. The predicted octanol–water partition coefficient (Wildman–Crippen LogP) is 3.36. The Morgan fingerprint density at radius 3 is 2.44 bits per heavy atom. The Labute approximate surface area is 106 Å². The Morgan fingerprint density at radius 2 is 2.00 bits per heavy atom. The van der Waals surface area contributed by atoms with Gasteiger partial charge in [-0.2, -0.15) is 0 Å². The molecule has 0 aliphatic heterocycles. The SMILES string of the molecule is CCC(CC)(CBr)Cn1ccc(C)cc1=O. The third kappa shape index (κ3) is 2.97. The molecule has 3 heteroatoms. The lowest BCUT2D eigenvalue weighted by molar-refractivity contribution is 0.256. The number of aromatic nitrogens is 1. The molecule has 0 saturated heterocycles. The van der Waals surface area contributed by atoms with E-state index in [1.807, 2.05) is 23.8 Å². The number of nitrogens with zero attached hydrogens (tertiary/aromatic N) is 1. The zero-order chi connectivity index (χ0) is 12.2. The lowest BCUT2D eigenvalue weighted by atomic mass is 9.84. The first-order valence-electron chi connectivity index (χ1n) is 5.80. The zero-order valence-electron chi connectivity index (χ0n) is 10.3. The highest BCUT2D eigenvalue weighted by atomic mass is 79.9. The van der Waals surface area contributed by atoms with Crippen LogP contribution < -0.4 is 5.56 Å². The molecule has 1 aromatic rings. The van der Waals surface area contributed by atoms with Crippen LogP contribution in [0.5, 0.6) is 0 Å². The summed E-state index contributed by atoms with van der Waals surface area (Å²) in [5.41, 5.74) is 1.32. The summed E-state index contributed by atoms with van der Waals surface area (Å²) in [5.74, 6) is 0. The number of pyridine rings is 1. The third-order valence-corrected chi connectivity index (χ3v) is 4.63. The van der Waals surface area contributed by atoms with Gasteiger partial charge < -0.3 is 4.57 Å². The molecule has 0 amide bonds. The van der Waals surface area contributed by atoms with Crippen LogP contribution in [0.3, 0.4) is 0 Å². The molecule has 0 aliphatic rings. The van der Waals surface area contributed by atoms with E-state index in [4.69, 9.17) is 0 Å². The van der Waals surface area contributed by atoms with E-state index in [2.05, 4.69) is 29.8 Å².